The second kappa shape index (κ2) is 14.5. The number of hydrogen-bond donors (Lipinski definition) is 1. The number of sulfonamides is 1. The first-order chi connectivity index (χ1) is 20.5. The highest BCUT2D eigenvalue weighted by Crippen LogP contribution is 2.23. The Morgan fingerprint density at radius 3 is 2.21 bits per heavy atom. The largest absolute Gasteiger partial charge is 0.352 e. The van der Waals surface area contributed by atoms with E-state index >= 15 is 0 Å². The van der Waals surface area contributed by atoms with Crippen LogP contribution < -0.4 is 9.62 Å². The molecule has 0 spiro atoms. The quantitative estimate of drug-likeness (QED) is 0.281. The van der Waals surface area contributed by atoms with E-state index in [1.165, 1.54) is 17.0 Å². The summed E-state index contributed by atoms with van der Waals surface area (Å²) in [5.74, 6) is -3.41. The number of nitrogens with one attached hydrogen (secondary N) is 1. The van der Waals surface area contributed by atoms with Gasteiger partial charge in [0.25, 0.3) is 0 Å². The van der Waals surface area contributed by atoms with E-state index in [9.17, 15) is 31.2 Å². The van der Waals surface area contributed by atoms with Crippen molar-refractivity contribution in [2.24, 2.45) is 0 Å². The minimum absolute atomic E-state index is 0.0213. The normalized spacial score (nSPS) is 14.3. The van der Waals surface area contributed by atoms with Crippen LogP contribution in [0.25, 0.3) is 0 Å². The molecule has 230 valence electrons. The molecule has 1 fully saturated rings. The molecule has 11 heteroatoms. The first-order valence-electron chi connectivity index (χ1n) is 14.3. The van der Waals surface area contributed by atoms with Crippen LogP contribution in [0.4, 0.5) is 18.9 Å². The number of rotatable bonds is 13. The van der Waals surface area contributed by atoms with Crippen molar-refractivity contribution in [3.63, 3.8) is 0 Å². The van der Waals surface area contributed by atoms with Gasteiger partial charge in [-0.15, -0.1) is 0 Å². The number of hydrogen-bond acceptors (Lipinski definition) is 4. The third-order valence-corrected chi connectivity index (χ3v) is 8.78. The van der Waals surface area contributed by atoms with Gasteiger partial charge in [-0.05, 0) is 54.7 Å². The average Bonchev–Trinajstić information content (AvgIpc) is 3.48. The first-order valence-corrected chi connectivity index (χ1v) is 16.2. The van der Waals surface area contributed by atoms with Gasteiger partial charge >= 0.3 is 0 Å². The van der Waals surface area contributed by atoms with Crippen LogP contribution in [0.1, 0.15) is 49.7 Å². The molecule has 1 aliphatic carbocycles. The fourth-order valence-corrected chi connectivity index (χ4v) is 6.31. The molecule has 2 amide bonds. The Bertz CT molecular complexity index is 1500. The van der Waals surface area contributed by atoms with Gasteiger partial charge in [0.1, 0.15) is 11.9 Å². The fourth-order valence-electron chi connectivity index (χ4n) is 5.35. The molecule has 1 aliphatic rings. The number of anilines is 1. The molecule has 0 saturated heterocycles. The van der Waals surface area contributed by atoms with Crippen molar-refractivity contribution in [1.82, 2.24) is 10.2 Å². The Kier molecular flexibility index (Phi) is 10.8. The van der Waals surface area contributed by atoms with Gasteiger partial charge in [0.05, 0.1) is 11.9 Å². The lowest BCUT2D eigenvalue weighted by atomic mass is 10.0. The maximum Gasteiger partial charge on any atom is 0.243 e. The van der Waals surface area contributed by atoms with E-state index in [-0.39, 0.29) is 50.0 Å². The summed E-state index contributed by atoms with van der Waals surface area (Å²) < 4.78 is 67.0. The van der Waals surface area contributed by atoms with Gasteiger partial charge in [-0.2, -0.15) is 0 Å². The molecule has 0 aliphatic heterocycles. The summed E-state index contributed by atoms with van der Waals surface area (Å²) in [4.78, 5) is 29.0. The third kappa shape index (κ3) is 9.06. The Hall–Kier alpha value is -3.86. The summed E-state index contributed by atoms with van der Waals surface area (Å²) in [6.07, 6.45) is 4.87. The van der Waals surface area contributed by atoms with Crippen molar-refractivity contribution >= 4 is 27.5 Å². The molecule has 0 aromatic heterocycles. The molecule has 0 heterocycles. The maximum absolute atomic E-state index is 13.9. The standard InChI is InChI=1S/C32H36F3N3O4S/c1-43(41,42)38(27-17-18-28(34)29(35)21-27)19-7-12-31(39)37(22-24-13-15-25(33)16-14-24)30(20-23-8-3-2-4-9-23)32(40)36-26-10-5-6-11-26/h2-4,8-9,13-18,21,26,30H,5-7,10-12,19-20,22H2,1H3,(H,36,40). The van der Waals surface area contributed by atoms with Crippen LogP contribution in [-0.2, 0) is 32.6 Å². The molecule has 7 nitrogen and oxygen atoms in total. The predicted molar refractivity (Wildman–Crippen MR) is 159 cm³/mol. The van der Waals surface area contributed by atoms with E-state index in [0.717, 1.165) is 60.0 Å². The van der Waals surface area contributed by atoms with Crippen molar-refractivity contribution in [3.8, 4) is 0 Å². The Balaban J connectivity index is 1.58. The van der Waals surface area contributed by atoms with Crippen molar-refractivity contribution in [2.75, 3.05) is 17.1 Å². The van der Waals surface area contributed by atoms with Gasteiger partial charge in [0, 0.05) is 38.0 Å². The van der Waals surface area contributed by atoms with E-state index in [4.69, 9.17) is 0 Å². The van der Waals surface area contributed by atoms with E-state index < -0.39 is 39.4 Å². The highest BCUT2D eigenvalue weighted by Gasteiger charge is 2.32. The second-order valence-corrected chi connectivity index (χ2v) is 12.8. The molecule has 3 aromatic carbocycles. The van der Waals surface area contributed by atoms with Crippen LogP contribution in [0.15, 0.2) is 72.8 Å². The number of carbonyl (C=O) groups is 2. The SMILES string of the molecule is CS(=O)(=O)N(CCCC(=O)N(Cc1ccc(F)cc1)C(Cc1ccccc1)C(=O)NC1CCCC1)c1ccc(F)c(F)c1. The lowest BCUT2D eigenvalue weighted by Gasteiger charge is -2.33. The summed E-state index contributed by atoms with van der Waals surface area (Å²) in [5, 5.41) is 3.11. The molecular weight excluding hydrogens is 579 g/mol. The Labute approximate surface area is 250 Å². The highest BCUT2D eigenvalue weighted by molar-refractivity contribution is 7.92. The molecule has 43 heavy (non-hydrogen) atoms. The Morgan fingerprint density at radius 1 is 0.907 bits per heavy atom. The molecule has 0 bridgehead atoms. The van der Waals surface area contributed by atoms with Gasteiger partial charge in [-0.25, -0.2) is 21.6 Å². The summed E-state index contributed by atoms with van der Waals surface area (Å²) in [5.41, 5.74) is 1.42. The van der Waals surface area contributed by atoms with Gasteiger partial charge < -0.3 is 10.2 Å². The van der Waals surface area contributed by atoms with Crippen molar-refractivity contribution < 1.29 is 31.2 Å². The molecule has 0 radical (unpaired) electrons. The van der Waals surface area contributed by atoms with Crippen molar-refractivity contribution in [1.29, 1.82) is 0 Å². The van der Waals surface area contributed by atoms with Crippen LogP contribution >= 0.6 is 0 Å². The van der Waals surface area contributed by atoms with E-state index in [1.54, 1.807) is 12.1 Å². The van der Waals surface area contributed by atoms with Crippen LogP contribution in [0.5, 0.6) is 0 Å². The minimum atomic E-state index is -3.88. The van der Waals surface area contributed by atoms with Crippen LogP contribution in [0.2, 0.25) is 0 Å². The second-order valence-electron chi connectivity index (χ2n) is 10.9. The average molecular weight is 616 g/mol. The molecule has 1 saturated carbocycles. The van der Waals surface area contributed by atoms with Crippen molar-refractivity contribution in [2.45, 2.75) is 63.6 Å². The monoisotopic (exact) mass is 615 g/mol. The fraction of sp³-hybridized carbons (Fsp3) is 0.375. The van der Waals surface area contributed by atoms with Crippen LogP contribution in [-0.4, -0.2) is 50.0 Å². The molecule has 1 N–H and O–H groups in total. The number of carbonyl (C=O) groups excluding carboxylic acids is 2. The van der Waals surface area contributed by atoms with E-state index in [2.05, 4.69) is 5.32 Å². The zero-order chi connectivity index (χ0) is 31.0. The van der Waals surface area contributed by atoms with E-state index in [0.29, 0.717) is 5.56 Å². The third-order valence-electron chi connectivity index (χ3n) is 7.58. The molecule has 4 rings (SSSR count). The zero-order valence-electron chi connectivity index (χ0n) is 24.0. The van der Waals surface area contributed by atoms with Gasteiger partial charge in [0.2, 0.25) is 21.8 Å². The molecule has 1 atom stereocenters. The highest BCUT2D eigenvalue weighted by atomic mass is 32.2. The number of amides is 2. The molecule has 3 aromatic rings. The van der Waals surface area contributed by atoms with Crippen molar-refractivity contribution in [3.05, 3.63) is 101 Å². The summed E-state index contributed by atoms with van der Waals surface area (Å²) in [7, 11) is -3.88. The molecular formula is C32H36F3N3O4S. The molecule has 1 unspecified atom stereocenters. The predicted octanol–water partition coefficient (Wildman–Crippen LogP) is 5.35. The number of benzene rings is 3. The Morgan fingerprint density at radius 2 is 1.58 bits per heavy atom. The van der Waals surface area contributed by atoms with Crippen LogP contribution in [0.3, 0.4) is 0 Å². The maximum atomic E-state index is 13.9. The van der Waals surface area contributed by atoms with Gasteiger partial charge in [-0.3, -0.25) is 13.9 Å². The summed E-state index contributed by atoms with van der Waals surface area (Å²) in [6.45, 7) is -0.134. The number of halogens is 3. The first kappa shape index (κ1) is 32.1. The summed E-state index contributed by atoms with van der Waals surface area (Å²) >= 11 is 0. The smallest absolute Gasteiger partial charge is 0.243 e. The van der Waals surface area contributed by atoms with Gasteiger partial charge in [0.15, 0.2) is 11.6 Å². The lowest BCUT2D eigenvalue weighted by molar-refractivity contribution is -0.141. The van der Waals surface area contributed by atoms with Gasteiger partial charge in [-0.1, -0.05) is 55.3 Å². The zero-order valence-corrected chi connectivity index (χ0v) is 24.8. The summed E-state index contributed by atoms with van der Waals surface area (Å²) in [6, 6.07) is 16.9. The van der Waals surface area contributed by atoms with Crippen LogP contribution in [0, 0.1) is 17.5 Å². The van der Waals surface area contributed by atoms with E-state index in [1.807, 2.05) is 30.3 Å². The number of nitrogens with zero attached hydrogens (tertiary/aromatic N) is 2. The minimum Gasteiger partial charge on any atom is -0.352 e. The topological polar surface area (TPSA) is 86.8 Å². The lowest BCUT2D eigenvalue weighted by Crippen LogP contribution is -2.52.